The molecule has 0 aromatic carbocycles. The van der Waals surface area contributed by atoms with Crippen molar-refractivity contribution >= 4 is 22.4 Å². The Morgan fingerprint density at radius 3 is 2.90 bits per heavy atom. The molecule has 0 bridgehead atoms. The molecule has 1 aromatic rings. The predicted octanol–water partition coefficient (Wildman–Crippen LogP) is 1.28. The summed E-state index contributed by atoms with van der Waals surface area (Å²) in [7, 11) is 0. The van der Waals surface area contributed by atoms with Crippen molar-refractivity contribution in [2.45, 2.75) is 6.92 Å². The van der Waals surface area contributed by atoms with Crippen LogP contribution in [0, 0.1) is 6.92 Å². The number of rotatable bonds is 2. The SMILES string of the molecule is Cc1onc(Br)c1OC=O. The quantitative estimate of drug-likeness (QED) is 0.684. The third-order valence-electron chi connectivity index (χ3n) is 0.936. The van der Waals surface area contributed by atoms with Crippen molar-refractivity contribution in [3.8, 4) is 5.75 Å². The lowest BCUT2D eigenvalue weighted by Gasteiger charge is -1.89. The fourth-order valence-electron chi connectivity index (χ4n) is 0.516. The summed E-state index contributed by atoms with van der Waals surface area (Å²) in [5, 5.41) is 3.49. The van der Waals surface area contributed by atoms with Gasteiger partial charge in [-0.1, -0.05) is 5.16 Å². The molecule has 0 fully saturated rings. The molecule has 0 N–H and O–H groups in total. The third-order valence-corrected chi connectivity index (χ3v) is 1.44. The molecule has 54 valence electrons. The highest BCUT2D eigenvalue weighted by molar-refractivity contribution is 9.10. The van der Waals surface area contributed by atoms with E-state index >= 15 is 0 Å². The van der Waals surface area contributed by atoms with Crippen LogP contribution in [0.1, 0.15) is 5.76 Å². The Morgan fingerprint density at radius 2 is 2.50 bits per heavy atom. The lowest BCUT2D eigenvalue weighted by atomic mass is 10.5. The lowest BCUT2D eigenvalue weighted by molar-refractivity contribution is -0.120. The van der Waals surface area contributed by atoms with Crippen molar-refractivity contribution in [2.24, 2.45) is 0 Å². The highest BCUT2D eigenvalue weighted by Crippen LogP contribution is 2.26. The smallest absolute Gasteiger partial charge is 0.298 e. The van der Waals surface area contributed by atoms with Gasteiger partial charge in [0.2, 0.25) is 5.75 Å². The number of nitrogens with zero attached hydrogens (tertiary/aromatic N) is 1. The largest absolute Gasteiger partial charge is 0.422 e. The lowest BCUT2D eigenvalue weighted by Crippen LogP contribution is -1.88. The number of aryl methyl sites for hydroxylation is 1. The number of carbonyl (C=O) groups is 1. The van der Waals surface area contributed by atoms with E-state index in [0.29, 0.717) is 22.6 Å². The minimum atomic E-state index is 0.324. The second-order valence-corrected chi connectivity index (χ2v) is 2.32. The maximum absolute atomic E-state index is 9.86. The molecule has 10 heavy (non-hydrogen) atoms. The van der Waals surface area contributed by atoms with Crippen LogP contribution in [0.4, 0.5) is 0 Å². The zero-order valence-corrected chi connectivity index (χ0v) is 6.71. The van der Waals surface area contributed by atoms with Gasteiger partial charge in [0.25, 0.3) is 6.47 Å². The number of ether oxygens (including phenoxy) is 1. The fraction of sp³-hybridized carbons (Fsp3) is 0.200. The second-order valence-electron chi connectivity index (χ2n) is 1.57. The van der Waals surface area contributed by atoms with Gasteiger partial charge in [-0.05, 0) is 15.9 Å². The molecule has 0 spiro atoms. The van der Waals surface area contributed by atoms with Crippen molar-refractivity contribution in [3.05, 3.63) is 10.4 Å². The Hall–Kier alpha value is -0.840. The van der Waals surface area contributed by atoms with Gasteiger partial charge in [-0.2, -0.15) is 0 Å². The van der Waals surface area contributed by atoms with Gasteiger partial charge in [-0.3, -0.25) is 4.79 Å². The van der Waals surface area contributed by atoms with Crippen molar-refractivity contribution in [1.82, 2.24) is 5.16 Å². The molecule has 0 radical (unpaired) electrons. The van der Waals surface area contributed by atoms with Gasteiger partial charge in [-0.15, -0.1) is 0 Å². The minimum absolute atomic E-state index is 0.324. The molecule has 0 aliphatic rings. The van der Waals surface area contributed by atoms with Crippen molar-refractivity contribution in [1.29, 1.82) is 0 Å². The molecule has 0 unspecified atom stereocenters. The highest BCUT2D eigenvalue weighted by Gasteiger charge is 2.10. The Bertz CT molecular complexity index is 226. The molecule has 5 heteroatoms. The minimum Gasteiger partial charge on any atom is -0.422 e. The van der Waals surface area contributed by atoms with E-state index in [-0.39, 0.29) is 0 Å². The number of carbonyl (C=O) groups excluding carboxylic acids is 1. The van der Waals surface area contributed by atoms with Crippen LogP contribution in [-0.4, -0.2) is 11.6 Å². The van der Waals surface area contributed by atoms with E-state index in [1.165, 1.54) is 0 Å². The average Bonchev–Trinajstić information content (AvgIpc) is 2.20. The van der Waals surface area contributed by atoms with Gasteiger partial charge < -0.3 is 9.26 Å². The maximum atomic E-state index is 9.86. The normalized spacial score (nSPS) is 9.40. The van der Waals surface area contributed by atoms with Gasteiger partial charge >= 0.3 is 0 Å². The van der Waals surface area contributed by atoms with E-state index in [1.807, 2.05) is 0 Å². The zero-order valence-electron chi connectivity index (χ0n) is 5.13. The average molecular weight is 206 g/mol. The van der Waals surface area contributed by atoms with Crippen molar-refractivity contribution in [3.63, 3.8) is 0 Å². The van der Waals surface area contributed by atoms with Crippen LogP contribution in [0.5, 0.6) is 5.75 Å². The first-order valence-electron chi connectivity index (χ1n) is 2.47. The molecular formula is C5H4BrNO3. The van der Waals surface area contributed by atoms with Gasteiger partial charge in [0.15, 0.2) is 10.4 Å². The van der Waals surface area contributed by atoms with Gasteiger partial charge in [0.05, 0.1) is 0 Å². The van der Waals surface area contributed by atoms with Crippen LogP contribution in [0.2, 0.25) is 0 Å². The van der Waals surface area contributed by atoms with E-state index in [1.54, 1.807) is 6.92 Å². The van der Waals surface area contributed by atoms with Crippen LogP contribution in [0.25, 0.3) is 0 Å². The molecule has 1 aromatic heterocycles. The summed E-state index contributed by atoms with van der Waals surface area (Å²) in [6.45, 7) is 1.97. The number of hydrogen-bond acceptors (Lipinski definition) is 4. The standard InChI is InChI=1S/C5H4BrNO3/c1-3-4(9-2-8)5(6)7-10-3/h2H,1H3. The maximum Gasteiger partial charge on any atom is 0.298 e. The summed E-state index contributed by atoms with van der Waals surface area (Å²) in [5.41, 5.74) is 0. The molecule has 0 saturated heterocycles. The van der Waals surface area contributed by atoms with Crippen LogP contribution in [-0.2, 0) is 4.79 Å². The third kappa shape index (κ3) is 1.18. The number of halogens is 1. The van der Waals surface area contributed by atoms with E-state index < -0.39 is 0 Å². The van der Waals surface area contributed by atoms with Gasteiger partial charge in [0.1, 0.15) is 0 Å². The van der Waals surface area contributed by atoms with Crippen molar-refractivity contribution < 1.29 is 14.1 Å². The first-order valence-corrected chi connectivity index (χ1v) is 3.27. The highest BCUT2D eigenvalue weighted by atomic mass is 79.9. The monoisotopic (exact) mass is 205 g/mol. The summed E-state index contributed by atoms with van der Waals surface area (Å²) in [6, 6.07) is 0. The van der Waals surface area contributed by atoms with Crippen LogP contribution >= 0.6 is 15.9 Å². The Labute approximate surface area is 65.3 Å². The molecule has 0 amide bonds. The molecule has 0 aliphatic heterocycles. The summed E-state index contributed by atoms with van der Waals surface area (Å²) >= 11 is 3.03. The number of aromatic nitrogens is 1. The predicted molar refractivity (Wildman–Crippen MR) is 35.6 cm³/mol. The zero-order chi connectivity index (χ0) is 7.56. The van der Waals surface area contributed by atoms with Gasteiger partial charge in [0, 0.05) is 6.92 Å². The van der Waals surface area contributed by atoms with Crippen LogP contribution in [0.3, 0.4) is 0 Å². The summed E-state index contributed by atoms with van der Waals surface area (Å²) in [6.07, 6.45) is 0. The first-order chi connectivity index (χ1) is 4.75. The van der Waals surface area contributed by atoms with E-state index in [4.69, 9.17) is 0 Å². The Morgan fingerprint density at radius 1 is 1.80 bits per heavy atom. The Kier molecular flexibility index (Phi) is 2.06. The van der Waals surface area contributed by atoms with Crippen molar-refractivity contribution in [2.75, 3.05) is 0 Å². The first kappa shape index (κ1) is 7.27. The topological polar surface area (TPSA) is 52.3 Å². The summed E-state index contributed by atoms with van der Waals surface area (Å²) < 4.78 is 9.59. The second kappa shape index (κ2) is 2.83. The molecule has 0 atom stereocenters. The van der Waals surface area contributed by atoms with E-state index in [2.05, 4.69) is 30.3 Å². The number of hydrogen-bond donors (Lipinski definition) is 0. The molecule has 0 saturated carbocycles. The fourth-order valence-corrected chi connectivity index (χ4v) is 0.961. The molecule has 4 nitrogen and oxygen atoms in total. The Balaban J connectivity index is 2.97. The molecule has 1 rings (SSSR count). The van der Waals surface area contributed by atoms with E-state index in [0.717, 1.165) is 0 Å². The summed E-state index contributed by atoms with van der Waals surface area (Å²) in [5.74, 6) is 0.800. The molecular weight excluding hydrogens is 202 g/mol. The van der Waals surface area contributed by atoms with Crippen LogP contribution < -0.4 is 4.74 Å². The molecule has 1 heterocycles. The van der Waals surface area contributed by atoms with Crippen LogP contribution in [0.15, 0.2) is 9.13 Å². The summed E-state index contributed by atoms with van der Waals surface area (Å²) in [4.78, 5) is 9.86. The molecule has 0 aliphatic carbocycles. The van der Waals surface area contributed by atoms with Gasteiger partial charge in [-0.25, -0.2) is 0 Å². The van der Waals surface area contributed by atoms with E-state index in [9.17, 15) is 4.79 Å².